The van der Waals surface area contributed by atoms with E-state index >= 15 is 0 Å². The molecular formula is C17H22N4O2S. The van der Waals surface area contributed by atoms with Crippen LogP contribution in [0, 0.1) is 0 Å². The first-order valence-corrected chi connectivity index (χ1v) is 9.03. The Morgan fingerprint density at radius 1 is 1.25 bits per heavy atom. The Kier molecular flexibility index (Phi) is 5.52. The summed E-state index contributed by atoms with van der Waals surface area (Å²) in [6.45, 7) is 6.57. The van der Waals surface area contributed by atoms with Crippen LogP contribution in [0.2, 0.25) is 0 Å². The molecular weight excluding hydrogens is 324 g/mol. The summed E-state index contributed by atoms with van der Waals surface area (Å²) < 4.78 is 5.35. The van der Waals surface area contributed by atoms with Crippen LogP contribution in [0.1, 0.15) is 36.4 Å². The topological polar surface area (TPSA) is 71.1 Å². The van der Waals surface area contributed by atoms with Crippen molar-refractivity contribution in [1.82, 2.24) is 20.1 Å². The van der Waals surface area contributed by atoms with Gasteiger partial charge in [0, 0.05) is 19.0 Å². The number of ether oxygens (including phenoxy) is 1. The van der Waals surface area contributed by atoms with Crippen molar-refractivity contribution in [2.45, 2.75) is 30.2 Å². The lowest BCUT2D eigenvalue weighted by Crippen LogP contribution is -2.42. The van der Waals surface area contributed by atoms with Crippen molar-refractivity contribution in [2.75, 3.05) is 26.3 Å². The van der Waals surface area contributed by atoms with E-state index in [1.54, 1.807) is 0 Å². The molecule has 2 heterocycles. The van der Waals surface area contributed by atoms with Gasteiger partial charge in [0.05, 0.1) is 13.2 Å². The standard InChI is InChI=1S/C17H22N4O2S/c1-12(2)15-18-17(20-19-15)24-14(13-6-4-3-5-7-13)16(22)21-8-10-23-11-9-21/h3-7,12,14H,8-11H2,1-2H3,(H,18,19,20)/t14-/m1/s1. The minimum Gasteiger partial charge on any atom is -0.378 e. The Hall–Kier alpha value is -1.86. The molecule has 7 heteroatoms. The van der Waals surface area contributed by atoms with Crippen LogP contribution in [-0.2, 0) is 9.53 Å². The average Bonchev–Trinajstić information content (AvgIpc) is 3.10. The van der Waals surface area contributed by atoms with Crippen LogP contribution in [0.25, 0.3) is 0 Å². The number of carbonyl (C=O) groups is 1. The van der Waals surface area contributed by atoms with Crippen molar-refractivity contribution < 1.29 is 9.53 Å². The SMILES string of the molecule is CC(C)c1nc(S[C@@H](C(=O)N2CCOCC2)c2ccccc2)n[nH]1. The van der Waals surface area contributed by atoms with Gasteiger partial charge in [-0.3, -0.25) is 9.89 Å². The second kappa shape index (κ2) is 7.81. The van der Waals surface area contributed by atoms with Crippen LogP contribution in [0.15, 0.2) is 35.5 Å². The molecule has 0 spiro atoms. The number of carbonyl (C=O) groups excluding carboxylic acids is 1. The summed E-state index contributed by atoms with van der Waals surface area (Å²) >= 11 is 1.40. The first-order chi connectivity index (χ1) is 11.6. The Balaban J connectivity index is 1.82. The van der Waals surface area contributed by atoms with Crippen LogP contribution < -0.4 is 0 Å². The predicted octanol–water partition coefficient (Wildman–Crippen LogP) is 2.62. The minimum atomic E-state index is -0.347. The zero-order valence-corrected chi connectivity index (χ0v) is 14.8. The summed E-state index contributed by atoms with van der Waals surface area (Å²) in [5.74, 6) is 1.20. The van der Waals surface area contributed by atoms with Gasteiger partial charge in [-0.1, -0.05) is 55.9 Å². The predicted molar refractivity (Wildman–Crippen MR) is 92.9 cm³/mol. The molecule has 1 aromatic carbocycles. The van der Waals surface area contributed by atoms with E-state index in [0.717, 1.165) is 11.4 Å². The lowest BCUT2D eigenvalue weighted by molar-refractivity contribution is -0.134. The van der Waals surface area contributed by atoms with Gasteiger partial charge in [-0.05, 0) is 5.56 Å². The fraction of sp³-hybridized carbons (Fsp3) is 0.471. The van der Waals surface area contributed by atoms with E-state index in [2.05, 4.69) is 29.0 Å². The maximum Gasteiger partial charge on any atom is 0.240 e. The van der Waals surface area contributed by atoms with E-state index in [1.807, 2.05) is 35.2 Å². The zero-order valence-electron chi connectivity index (χ0n) is 13.9. The Morgan fingerprint density at radius 2 is 1.96 bits per heavy atom. The van der Waals surface area contributed by atoms with Crippen LogP contribution in [-0.4, -0.2) is 52.3 Å². The number of nitrogens with zero attached hydrogens (tertiary/aromatic N) is 3. The van der Waals surface area contributed by atoms with Crippen LogP contribution >= 0.6 is 11.8 Å². The molecule has 128 valence electrons. The molecule has 0 unspecified atom stereocenters. The molecule has 24 heavy (non-hydrogen) atoms. The summed E-state index contributed by atoms with van der Waals surface area (Å²) in [5.41, 5.74) is 0.967. The third-order valence-electron chi connectivity index (χ3n) is 3.90. The van der Waals surface area contributed by atoms with E-state index in [4.69, 9.17) is 4.74 Å². The highest BCUT2D eigenvalue weighted by molar-refractivity contribution is 8.00. The number of rotatable bonds is 5. The number of benzene rings is 1. The molecule has 0 aliphatic carbocycles. The quantitative estimate of drug-likeness (QED) is 0.843. The minimum absolute atomic E-state index is 0.0883. The van der Waals surface area contributed by atoms with Gasteiger partial charge in [-0.25, -0.2) is 4.98 Å². The van der Waals surface area contributed by atoms with Gasteiger partial charge in [-0.2, -0.15) is 0 Å². The van der Waals surface area contributed by atoms with Gasteiger partial charge >= 0.3 is 0 Å². The summed E-state index contributed by atoms with van der Waals surface area (Å²) in [6, 6.07) is 9.81. The highest BCUT2D eigenvalue weighted by atomic mass is 32.2. The largest absolute Gasteiger partial charge is 0.378 e. The van der Waals surface area contributed by atoms with E-state index in [-0.39, 0.29) is 17.1 Å². The molecule has 1 aromatic heterocycles. The fourth-order valence-corrected chi connectivity index (χ4v) is 3.52. The summed E-state index contributed by atoms with van der Waals surface area (Å²) in [5, 5.41) is 7.47. The number of nitrogens with one attached hydrogen (secondary N) is 1. The van der Waals surface area contributed by atoms with E-state index in [9.17, 15) is 4.79 Å². The highest BCUT2D eigenvalue weighted by Crippen LogP contribution is 2.35. The second-order valence-electron chi connectivity index (χ2n) is 6.00. The maximum atomic E-state index is 13.0. The molecule has 6 nitrogen and oxygen atoms in total. The first-order valence-electron chi connectivity index (χ1n) is 8.15. The molecule has 1 aliphatic heterocycles. The number of hydrogen-bond acceptors (Lipinski definition) is 5. The highest BCUT2D eigenvalue weighted by Gasteiger charge is 2.29. The Labute approximate surface area is 146 Å². The zero-order chi connectivity index (χ0) is 16.9. The van der Waals surface area contributed by atoms with Crippen molar-refractivity contribution in [3.05, 3.63) is 41.7 Å². The van der Waals surface area contributed by atoms with Crippen molar-refractivity contribution in [3.63, 3.8) is 0 Å². The van der Waals surface area contributed by atoms with Crippen molar-refractivity contribution in [1.29, 1.82) is 0 Å². The molecule has 0 radical (unpaired) electrons. The summed E-state index contributed by atoms with van der Waals surface area (Å²) in [4.78, 5) is 19.4. The smallest absolute Gasteiger partial charge is 0.240 e. The van der Waals surface area contributed by atoms with Gasteiger partial charge < -0.3 is 9.64 Å². The lowest BCUT2D eigenvalue weighted by Gasteiger charge is -2.30. The van der Waals surface area contributed by atoms with E-state index in [0.29, 0.717) is 31.5 Å². The number of amides is 1. The third-order valence-corrected chi connectivity index (χ3v) is 5.00. The molecule has 2 aromatic rings. The summed E-state index contributed by atoms with van der Waals surface area (Å²) in [6.07, 6.45) is 0. The Morgan fingerprint density at radius 3 is 2.58 bits per heavy atom. The fourth-order valence-electron chi connectivity index (χ4n) is 2.51. The lowest BCUT2D eigenvalue weighted by atomic mass is 10.1. The van der Waals surface area contributed by atoms with Gasteiger partial charge in [0.2, 0.25) is 11.1 Å². The molecule has 0 bridgehead atoms. The van der Waals surface area contributed by atoms with Gasteiger partial charge in [0.15, 0.2) is 0 Å². The number of morpholine rings is 1. The van der Waals surface area contributed by atoms with Crippen molar-refractivity contribution in [3.8, 4) is 0 Å². The second-order valence-corrected chi connectivity index (χ2v) is 7.08. The Bertz CT molecular complexity index is 668. The average molecular weight is 346 g/mol. The first kappa shape index (κ1) is 17.0. The number of aromatic nitrogens is 3. The summed E-state index contributed by atoms with van der Waals surface area (Å²) in [7, 11) is 0. The van der Waals surface area contributed by atoms with Crippen LogP contribution in [0.3, 0.4) is 0 Å². The number of H-pyrrole nitrogens is 1. The van der Waals surface area contributed by atoms with Crippen molar-refractivity contribution >= 4 is 17.7 Å². The van der Waals surface area contributed by atoms with Crippen LogP contribution in [0.4, 0.5) is 0 Å². The third kappa shape index (κ3) is 3.96. The number of thioether (sulfide) groups is 1. The van der Waals surface area contributed by atoms with E-state index < -0.39 is 0 Å². The van der Waals surface area contributed by atoms with Gasteiger partial charge in [0.25, 0.3) is 0 Å². The maximum absolute atomic E-state index is 13.0. The monoisotopic (exact) mass is 346 g/mol. The molecule has 1 aliphatic rings. The van der Waals surface area contributed by atoms with Gasteiger partial charge in [-0.15, -0.1) is 5.10 Å². The molecule has 1 amide bonds. The molecule has 1 atom stereocenters. The van der Waals surface area contributed by atoms with Crippen molar-refractivity contribution in [2.24, 2.45) is 0 Å². The normalized spacial score (nSPS) is 16.4. The number of hydrogen-bond donors (Lipinski definition) is 1. The molecule has 1 N–H and O–H groups in total. The number of aromatic amines is 1. The molecule has 3 rings (SSSR count). The molecule has 0 saturated carbocycles. The van der Waals surface area contributed by atoms with E-state index in [1.165, 1.54) is 11.8 Å². The van der Waals surface area contributed by atoms with Crippen LogP contribution in [0.5, 0.6) is 0 Å². The molecule has 1 saturated heterocycles. The molecule has 1 fully saturated rings. The van der Waals surface area contributed by atoms with Gasteiger partial charge in [0.1, 0.15) is 11.1 Å².